The fourth-order valence-electron chi connectivity index (χ4n) is 2.78. The van der Waals surface area contributed by atoms with Crippen LogP contribution in [0.2, 0.25) is 0 Å². The SMILES string of the molecule is CNC1CCC(N(C)CC(=O)NCCCC(=O)OC)CC1. The molecule has 1 fully saturated rings. The van der Waals surface area contributed by atoms with E-state index in [1.54, 1.807) is 0 Å². The fourth-order valence-corrected chi connectivity index (χ4v) is 2.78. The average molecular weight is 299 g/mol. The highest BCUT2D eigenvalue weighted by atomic mass is 16.5. The molecule has 2 N–H and O–H groups in total. The lowest BCUT2D eigenvalue weighted by Gasteiger charge is -2.34. The molecule has 1 saturated carbocycles. The Hall–Kier alpha value is -1.14. The van der Waals surface area contributed by atoms with Crippen LogP contribution in [0.15, 0.2) is 0 Å². The molecule has 0 saturated heterocycles. The lowest BCUT2D eigenvalue weighted by molar-refractivity contribution is -0.140. The number of amides is 1. The van der Waals surface area contributed by atoms with E-state index >= 15 is 0 Å². The van der Waals surface area contributed by atoms with Gasteiger partial charge in [0, 0.05) is 25.0 Å². The van der Waals surface area contributed by atoms with Crippen molar-refractivity contribution in [1.29, 1.82) is 0 Å². The zero-order chi connectivity index (χ0) is 15.7. The van der Waals surface area contributed by atoms with Crippen LogP contribution < -0.4 is 10.6 Å². The third kappa shape index (κ3) is 6.91. The van der Waals surface area contributed by atoms with Gasteiger partial charge in [0.2, 0.25) is 5.91 Å². The Morgan fingerprint density at radius 1 is 1.24 bits per heavy atom. The number of likely N-dealkylation sites (N-methyl/N-ethyl adjacent to an activating group) is 1. The Kier molecular flexibility index (Phi) is 8.30. The van der Waals surface area contributed by atoms with Gasteiger partial charge in [-0.15, -0.1) is 0 Å². The van der Waals surface area contributed by atoms with E-state index in [9.17, 15) is 9.59 Å². The van der Waals surface area contributed by atoms with Crippen molar-refractivity contribution in [3.05, 3.63) is 0 Å². The van der Waals surface area contributed by atoms with E-state index < -0.39 is 0 Å². The van der Waals surface area contributed by atoms with Crippen molar-refractivity contribution in [3.8, 4) is 0 Å². The molecule has 0 atom stereocenters. The Morgan fingerprint density at radius 2 is 1.90 bits per heavy atom. The van der Waals surface area contributed by atoms with Gasteiger partial charge in [0.25, 0.3) is 0 Å². The van der Waals surface area contributed by atoms with E-state index in [1.165, 1.54) is 20.0 Å². The van der Waals surface area contributed by atoms with Crippen LogP contribution in [-0.4, -0.2) is 63.2 Å². The van der Waals surface area contributed by atoms with Crippen molar-refractivity contribution < 1.29 is 14.3 Å². The number of hydrogen-bond acceptors (Lipinski definition) is 5. The Bertz CT molecular complexity index is 328. The smallest absolute Gasteiger partial charge is 0.305 e. The molecule has 0 heterocycles. The Labute approximate surface area is 127 Å². The van der Waals surface area contributed by atoms with Crippen molar-refractivity contribution in [2.45, 2.75) is 50.6 Å². The fraction of sp³-hybridized carbons (Fsp3) is 0.867. The van der Waals surface area contributed by atoms with Gasteiger partial charge in [0.1, 0.15) is 0 Å². The van der Waals surface area contributed by atoms with E-state index in [2.05, 4.69) is 20.3 Å². The summed E-state index contributed by atoms with van der Waals surface area (Å²) in [5, 5.41) is 6.17. The predicted molar refractivity (Wildman–Crippen MR) is 82.0 cm³/mol. The quantitative estimate of drug-likeness (QED) is 0.505. The minimum Gasteiger partial charge on any atom is -0.469 e. The van der Waals surface area contributed by atoms with E-state index in [0.717, 1.165) is 12.8 Å². The summed E-state index contributed by atoms with van der Waals surface area (Å²) in [6.07, 6.45) is 5.59. The molecule has 0 bridgehead atoms. The van der Waals surface area contributed by atoms with Gasteiger partial charge in [-0.3, -0.25) is 14.5 Å². The largest absolute Gasteiger partial charge is 0.469 e. The molecule has 1 aliphatic carbocycles. The molecule has 6 nitrogen and oxygen atoms in total. The number of esters is 1. The maximum absolute atomic E-state index is 11.8. The van der Waals surface area contributed by atoms with Gasteiger partial charge in [-0.05, 0) is 46.2 Å². The average Bonchev–Trinajstić information content (AvgIpc) is 2.51. The van der Waals surface area contributed by atoms with Crippen LogP contribution in [0.1, 0.15) is 38.5 Å². The molecule has 1 amide bonds. The number of carbonyl (C=O) groups is 2. The molecule has 21 heavy (non-hydrogen) atoms. The summed E-state index contributed by atoms with van der Waals surface area (Å²) in [6.45, 7) is 0.946. The van der Waals surface area contributed by atoms with Gasteiger partial charge in [-0.2, -0.15) is 0 Å². The van der Waals surface area contributed by atoms with Crippen LogP contribution in [-0.2, 0) is 14.3 Å². The van der Waals surface area contributed by atoms with Crippen LogP contribution in [0.5, 0.6) is 0 Å². The molecule has 0 aromatic rings. The van der Waals surface area contributed by atoms with E-state index in [-0.39, 0.29) is 11.9 Å². The molecule has 6 heteroatoms. The molecule has 0 aromatic heterocycles. The van der Waals surface area contributed by atoms with Crippen molar-refractivity contribution in [3.63, 3.8) is 0 Å². The van der Waals surface area contributed by atoms with Crippen LogP contribution >= 0.6 is 0 Å². The van der Waals surface area contributed by atoms with Gasteiger partial charge in [0.15, 0.2) is 0 Å². The predicted octanol–water partition coefficient (Wildman–Crippen LogP) is 0.518. The third-order valence-electron chi connectivity index (χ3n) is 4.23. The highest BCUT2D eigenvalue weighted by Crippen LogP contribution is 2.21. The second-order valence-corrected chi connectivity index (χ2v) is 5.74. The standard InChI is InChI=1S/C15H29N3O3/c1-16-12-6-8-13(9-7-12)18(2)11-14(19)17-10-4-5-15(20)21-3/h12-13,16H,4-11H2,1-3H3,(H,17,19). The second kappa shape index (κ2) is 9.73. The van der Waals surface area contributed by atoms with Crippen LogP contribution in [0.3, 0.4) is 0 Å². The first-order valence-corrected chi connectivity index (χ1v) is 7.77. The van der Waals surface area contributed by atoms with E-state index in [1.807, 2.05) is 14.1 Å². The first-order chi connectivity index (χ1) is 10.1. The molecular formula is C15H29N3O3. The molecule has 0 aliphatic heterocycles. The number of carbonyl (C=O) groups excluding carboxylic acids is 2. The zero-order valence-corrected chi connectivity index (χ0v) is 13.5. The molecule has 0 radical (unpaired) electrons. The Morgan fingerprint density at radius 3 is 2.48 bits per heavy atom. The highest BCUT2D eigenvalue weighted by molar-refractivity contribution is 5.78. The normalized spacial score (nSPS) is 22.1. The second-order valence-electron chi connectivity index (χ2n) is 5.74. The maximum Gasteiger partial charge on any atom is 0.305 e. The van der Waals surface area contributed by atoms with Crippen LogP contribution in [0.4, 0.5) is 0 Å². The van der Waals surface area contributed by atoms with Crippen molar-refractivity contribution >= 4 is 11.9 Å². The first-order valence-electron chi connectivity index (χ1n) is 7.77. The number of rotatable bonds is 8. The zero-order valence-electron chi connectivity index (χ0n) is 13.5. The summed E-state index contributed by atoms with van der Waals surface area (Å²) in [5.74, 6) is -0.208. The van der Waals surface area contributed by atoms with Crippen molar-refractivity contribution in [1.82, 2.24) is 15.5 Å². The number of nitrogens with one attached hydrogen (secondary N) is 2. The van der Waals surface area contributed by atoms with Gasteiger partial charge in [0.05, 0.1) is 13.7 Å². The lowest BCUT2D eigenvalue weighted by atomic mass is 9.90. The maximum atomic E-state index is 11.8. The van der Waals surface area contributed by atoms with E-state index in [0.29, 0.717) is 38.0 Å². The molecule has 1 aliphatic rings. The lowest BCUT2D eigenvalue weighted by Crippen LogP contribution is -2.44. The summed E-state index contributed by atoms with van der Waals surface area (Å²) in [7, 11) is 5.40. The van der Waals surface area contributed by atoms with Crippen LogP contribution in [0, 0.1) is 0 Å². The summed E-state index contributed by atoms with van der Waals surface area (Å²) in [4.78, 5) is 24.9. The number of hydrogen-bond donors (Lipinski definition) is 2. The minimum atomic E-state index is -0.234. The summed E-state index contributed by atoms with van der Waals surface area (Å²) in [6, 6.07) is 1.12. The van der Waals surface area contributed by atoms with Crippen molar-refractivity contribution in [2.75, 3.05) is 34.3 Å². The monoisotopic (exact) mass is 299 g/mol. The third-order valence-corrected chi connectivity index (χ3v) is 4.23. The highest BCUT2D eigenvalue weighted by Gasteiger charge is 2.23. The number of methoxy groups -OCH3 is 1. The topological polar surface area (TPSA) is 70.7 Å². The van der Waals surface area contributed by atoms with Crippen molar-refractivity contribution in [2.24, 2.45) is 0 Å². The summed E-state index contributed by atoms with van der Waals surface area (Å²) < 4.78 is 4.55. The van der Waals surface area contributed by atoms with E-state index in [4.69, 9.17) is 0 Å². The molecule has 122 valence electrons. The van der Waals surface area contributed by atoms with Crippen LogP contribution in [0.25, 0.3) is 0 Å². The molecule has 0 unspecified atom stereocenters. The van der Waals surface area contributed by atoms with Gasteiger partial charge < -0.3 is 15.4 Å². The minimum absolute atomic E-state index is 0.0260. The number of ether oxygens (including phenoxy) is 1. The molecule has 0 aromatic carbocycles. The van der Waals surface area contributed by atoms with Gasteiger partial charge in [-0.1, -0.05) is 0 Å². The molecular weight excluding hydrogens is 270 g/mol. The first kappa shape index (κ1) is 17.9. The summed E-state index contributed by atoms with van der Waals surface area (Å²) in [5.41, 5.74) is 0. The summed E-state index contributed by atoms with van der Waals surface area (Å²) >= 11 is 0. The molecule has 0 spiro atoms. The van der Waals surface area contributed by atoms with Gasteiger partial charge >= 0.3 is 5.97 Å². The molecule has 1 rings (SSSR count). The van der Waals surface area contributed by atoms with Gasteiger partial charge in [-0.25, -0.2) is 0 Å². The number of nitrogens with zero attached hydrogens (tertiary/aromatic N) is 1. The Balaban J connectivity index is 2.14.